The zero-order valence-electron chi connectivity index (χ0n) is 18.2. The molecule has 6 heteroatoms. The molecule has 0 aliphatic carbocycles. The first kappa shape index (κ1) is 20.0. The highest BCUT2D eigenvalue weighted by Gasteiger charge is 2.22. The van der Waals surface area contributed by atoms with Crippen LogP contribution in [0.2, 0.25) is 0 Å². The van der Waals surface area contributed by atoms with Crippen LogP contribution in [0.3, 0.4) is 0 Å². The van der Waals surface area contributed by atoms with Crippen molar-refractivity contribution in [1.82, 2.24) is 9.97 Å². The summed E-state index contributed by atoms with van der Waals surface area (Å²) in [5.74, 6) is 1.46. The number of piperazine rings is 1. The van der Waals surface area contributed by atoms with Crippen LogP contribution < -0.4 is 20.9 Å². The van der Waals surface area contributed by atoms with E-state index in [1.165, 1.54) is 22.4 Å². The molecule has 0 amide bonds. The summed E-state index contributed by atoms with van der Waals surface area (Å²) in [6.07, 6.45) is 1.59. The molecule has 3 N–H and O–H groups in total. The third-order valence-electron chi connectivity index (χ3n) is 5.99. The van der Waals surface area contributed by atoms with E-state index in [1.807, 2.05) is 0 Å². The monoisotopic (exact) mass is 402 g/mol. The van der Waals surface area contributed by atoms with E-state index in [0.29, 0.717) is 11.5 Å². The van der Waals surface area contributed by atoms with Gasteiger partial charge in [-0.2, -0.15) is 0 Å². The number of rotatable bonds is 4. The Morgan fingerprint density at radius 2 is 1.60 bits per heavy atom. The summed E-state index contributed by atoms with van der Waals surface area (Å²) in [5.41, 5.74) is 14.5. The Balaban J connectivity index is 1.50. The van der Waals surface area contributed by atoms with Gasteiger partial charge in [-0.3, -0.25) is 0 Å². The van der Waals surface area contributed by atoms with E-state index in [1.54, 1.807) is 6.33 Å². The molecule has 1 fully saturated rings. The number of nitrogens with zero attached hydrogens (tertiary/aromatic N) is 4. The van der Waals surface area contributed by atoms with E-state index in [9.17, 15) is 0 Å². The molecule has 1 aliphatic heterocycles. The van der Waals surface area contributed by atoms with Crippen LogP contribution in [0.4, 0.5) is 28.7 Å². The number of benzene rings is 2. The number of nitrogen functional groups attached to an aromatic ring is 1. The lowest BCUT2D eigenvalue weighted by Gasteiger charge is -2.38. The van der Waals surface area contributed by atoms with E-state index in [0.717, 1.165) is 43.2 Å². The minimum atomic E-state index is 0.595. The zero-order valence-corrected chi connectivity index (χ0v) is 18.2. The van der Waals surface area contributed by atoms with Crippen molar-refractivity contribution in [2.75, 3.05) is 47.0 Å². The summed E-state index contributed by atoms with van der Waals surface area (Å²) >= 11 is 0. The summed E-state index contributed by atoms with van der Waals surface area (Å²) in [7, 11) is 0. The Morgan fingerprint density at radius 1 is 0.867 bits per heavy atom. The number of aryl methyl sites for hydroxylation is 3. The molecule has 4 rings (SSSR count). The van der Waals surface area contributed by atoms with E-state index >= 15 is 0 Å². The van der Waals surface area contributed by atoms with Gasteiger partial charge in [-0.25, -0.2) is 9.97 Å². The van der Waals surface area contributed by atoms with Crippen molar-refractivity contribution in [3.05, 3.63) is 65.0 Å². The maximum atomic E-state index is 6.49. The first-order valence-electron chi connectivity index (χ1n) is 10.4. The molecule has 1 aliphatic rings. The van der Waals surface area contributed by atoms with Gasteiger partial charge in [-0.1, -0.05) is 29.8 Å². The zero-order chi connectivity index (χ0) is 21.3. The number of aromatic nitrogens is 2. The predicted molar refractivity (Wildman–Crippen MR) is 126 cm³/mol. The summed E-state index contributed by atoms with van der Waals surface area (Å²) < 4.78 is 0. The summed E-state index contributed by atoms with van der Waals surface area (Å²) in [6, 6.07) is 12.8. The number of nitrogens with two attached hydrogens (primary N) is 1. The summed E-state index contributed by atoms with van der Waals surface area (Å²) in [5, 5.41) is 3.38. The van der Waals surface area contributed by atoms with Crippen molar-refractivity contribution in [2.24, 2.45) is 0 Å². The van der Waals surface area contributed by atoms with Gasteiger partial charge in [-0.05, 0) is 56.5 Å². The lowest BCUT2D eigenvalue weighted by molar-refractivity contribution is 0.646. The Labute approximate surface area is 178 Å². The molecule has 3 aromatic rings. The Bertz CT molecular complexity index is 1050. The Hall–Kier alpha value is -3.28. The van der Waals surface area contributed by atoms with Gasteiger partial charge in [0.05, 0.1) is 0 Å². The van der Waals surface area contributed by atoms with Crippen LogP contribution >= 0.6 is 0 Å². The topological polar surface area (TPSA) is 70.3 Å². The van der Waals surface area contributed by atoms with Gasteiger partial charge in [-0.15, -0.1) is 0 Å². The molecule has 0 unspecified atom stereocenters. The molecule has 0 bridgehead atoms. The van der Waals surface area contributed by atoms with E-state index < -0.39 is 0 Å². The first-order valence-corrected chi connectivity index (χ1v) is 10.4. The Kier molecular flexibility index (Phi) is 5.48. The molecule has 0 saturated carbocycles. The van der Waals surface area contributed by atoms with Crippen LogP contribution in [0, 0.1) is 27.7 Å². The fourth-order valence-corrected chi connectivity index (χ4v) is 4.06. The van der Waals surface area contributed by atoms with Crippen molar-refractivity contribution < 1.29 is 0 Å². The van der Waals surface area contributed by atoms with Crippen LogP contribution in [0.25, 0.3) is 0 Å². The maximum Gasteiger partial charge on any atom is 0.159 e. The molecule has 6 nitrogen and oxygen atoms in total. The Morgan fingerprint density at radius 3 is 2.33 bits per heavy atom. The fourth-order valence-electron chi connectivity index (χ4n) is 4.06. The second kappa shape index (κ2) is 8.22. The van der Waals surface area contributed by atoms with Crippen molar-refractivity contribution in [1.29, 1.82) is 0 Å². The van der Waals surface area contributed by atoms with Gasteiger partial charge >= 0.3 is 0 Å². The van der Waals surface area contributed by atoms with Crippen LogP contribution in [0.1, 0.15) is 22.3 Å². The molecule has 1 aromatic heterocycles. The minimum absolute atomic E-state index is 0.595. The fraction of sp³-hybridized carbons (Fsp3) is 0.333. The van der Waals surface area contributed by atoms with Gasteiger partial charge in [0.1, 0.15) is 12.0 Å². The lowest BCUT2D eigenvalue weighted by atomic mass is 10.1. The molecule has 0 radical (unpaired) electrons. The van der Waals surface area contributed by atoms with Crippen molar-refractivity contribution in [2.45, 2.75) is 27.7 Å². The quantitative estimate of drug-likeness (QED) is 0.676. The molecule has 156 valence electrons. The molecular formula is C24H30N6. The molecular weight excluding hydrogens is 372 g/mol. The van der Waals surface area contributed by atoms with E-state index in [-0.39, 0.29) is 0 Å². The van der Waals surface area contributed by atoms with Gasteiger partial charge < -0.3 is 20.9 Å². The smallest absolute Gasteiger partial charge is 0.159 e. The van der Waals surface area contributed by atoms with Crippen molar-refractivity contribution in [3.63, 3.8) is 0 Å². The highest BCUT2D eigenvalue weighted by molar-refractivity contribution is 5.79. The highest BCUT2D eigenvalue weighted by Crippen LogP contribution is 2.31. The van der Waals surface area contributed by atoms with E-state index in [2.05, 4.69) is 89.2 Å². The molecule has 1 saturated heterocycles. The second-order valence-corrected chi connectivity index (χ2v) is 8.10. The normalized spacial score (nSPS) is 14.1. The van der Waals surface area contributed by atoms with Crippen LogP contribution in [0.5, 0.6) is 0 Å². The average molecular weight is 403 g/mol. The SMILES string of the molecule is Cc1ccc(Nc2ncnc(N3CCN(c4cccc(C)c4C)CC3)c2N)c(C)c1. The van der Waals surface area contributed by atoms with Crippen molar-refractivity contribution >= 4 is 28.7 Å². The van der Waals surface area contributed by atoms with E-state index in [4.69, 9.17) is 5.73 Å². The number of anilines is 5. The molecule has 0 atom stereocenters. The summed E-state index contributed by atoms with van der Waals surface area (Å²) in [6.45, 7) is 12.2. The maximum absolute atomic E-state index is 6.49. The average Bonchev–Trinajstić information content (AvgIpc) is 2.74. The predicted octanol–water partition coefficient (Wildman–Crippen LogP) is 4.36. The number of nitrogens with one attached hydrogen (secondary N) is 1. The van der Waals surface area contributed by atoms with Gasteiger partial charge in [0.25, 0.3) is 0 Å². The van der Waals surface area contributed by atoms with Gasteiger partial charge in [0, 0.05) is 37.6 Å². The van der Waals surface area contributed by atoms with Crippen LogP contribution in [-0.4, -0.2) is 36.1 Å². The molecule has 0 spiro atoms. The third-order valence-corrected chi connectivity index (χ3v) is 5.99. The largest absolute Gasteiger partial charge is 0.393 e. The number of hydrogen-bond donors (Lipinski definition) is 2. The van der Waals surface area contributed by atoms with Crippen LogP contribution in [0.15, 0.2) is 42.7 Å². The summed E-state index contributed by atoms with van der Waals surface area (Å²) in [4.78, 5) is 13.6. The standard InChI is InChI=1S/C24H30N6/c1-16-8-9-20(18(3)14-16)28-23-22(25)24(27-15-26-23)30-12-10-29(11-13-30)21-7-5-6-17(2)19(21)4/h5-9,14-15H,10-13,25H2,1-4H3,(H,26,27,28). The molecule has 30 heavy (non-hydrogen) atoms. The van der Waals surface area contributed by atoms with Gasteiger partial charge in [0.15, 0.2) is 11.6 Å². The van der Waals surface area contributed by atoms with Gasteiger partial charge in [0.2, 0.25) is 0 Å². The lowest BCUT2D eigenvalue weighted by Crippen LogP contribution is -2.47. The highest BCUT2D eigenvalue weighted by atomic mass is 15.3. The molecule has 2 heterocycles. The number of hydrogen-bond acceptors (Lipinski definition) is 6. The van der Waals surface area contributed by atoms with Crippen molar-refractivity contribution in [3.8, 4) is 0 Å². The second-order valence-electron chi connectivity index (χ2n) is 8.10. The first-order chi connectivity index (χ1) is 14.4. The molecule has 2 aromatic carbocycles. The van der Waals surface area contributed by atoms with Crippen LogP contribution in [-0.2, 0) is 0 Å². The third kappa shape index (κ3) is 3.90. The minimum Gasteiger partial charge on any atom is -0.393 e.